The first-order chi connectivity index (χ1) is 26.0. The summed E-state index contributed by atoms with van der Waals surface area (Å²) in [6.45, 7) is 5.16. The molecule has 5 aromatic rings. The van der Waals surface area contributed by atoms with Crippen LogP contribution in [0.1, 0.15) is 22.3 Å². The van der Waals surface area contributed by atoms with Crippen LogP contribution in [-0.2, 0) is 16.6 Å². The van der Waals surface area contributed by atoms with Crippen LogP contribution in [0.25, 0.3) is 11.1 Å². The second-order valence-corrected chi connectivity index (χ2v) is 16.9. The zero-order chi connectivity index (χ0) is 38.1. The number of sulfonamides is 1. The lowest BCUT2D eigenvalue weighted by Gasteiger charge is -2.36. The van der Waals surface area contributed by atoms with E-state index in [1.54, 1.807) is 30.0 Å². The molecule has 0 saturated carbocycles. The third-order valence-electron chi connectivity index (χ3n) is 9.47. The summed E-state index contributed by atoms with van der Waals surface area (Å²) in [5.74, 6) is 0.108. The fourth-order valence-electron chi connectivity index (χ4n) is 6.42. The minimum absolute atomic E-state index is 0.0762. The maximum absolute atomic E-state index is 13.3. The van der Waals surface area contributed by atoms with Crippen LogP contribution in [-0.4, -0.2) is 82.7 Å². The molecule has 6 rings (SSSR count). The number of nitrogens with two attached hydrogens (primary N) is 1. The Balaban J connectivity index is 1.02. The van der Waals surface area contributed by atoms with E-state index < -0.39 is 15.9 Å². The monoisotopic (exact) mass is 782 g/mol. The molecule has 1 aliphatic heterocycles. The van der Waals surface area contributed by atoms with Crippen molar-refractivity contribution in [3.05, 3.63) is 137 Å². The number of anilines is 3. The Kier molecular flexibility index (Phi) is 13.2. The number of hydrogen-bond donors (Lipinski definition) is 3. The lowest BCUT2D eigenvalue weighted by atomic mass is 9.99. The van der Waals surface area contributed by atoms with Crippen LogP contribution >= 0.6 is 23.4 Å². The number of amides is 1. The van der Waals surface area contributed by atoms with Crippen molar-refractivity contribution < 1.29 is 13.2 Å². The third kappa shape index (κ3) is 10.6. The summed E-state index contributed by atoms with van der Waals surface area (Å²) in [4.78, 5) is 21.1. The minimum Gasteiger partial charge on any atom is -0.397 e. The zero-order valence-corrected chi connectivity index (χ0v) is 33.0. The van der Waals surface area contributed by atoms with Crippen molar-refractivity contribution in [2.24, 2.45) is 0 Å². The van der Waals surface area contributed by atoms with Gasteiger partial charge in [0.2, 0.25) is 0 Å². The molecular formula is C42H47ClN6O3S2. The van der Waals surface area contributed by atoms with Crippen molar-refractivity contribution in [3.8, 4) is 11.1 Å². The van der Waals surface area contributed by atoms with Crippen molar-refractivity contribution in [1.82, 2.24) is 14.5 Å². The maximum atomic E-state index is 13.3. The first-order valence-corrected chi connectivity index (χ1v) is 20.9. The van der Waals surface area contributed by atoms with Crippen LogP contribution in [0, 0.1) is 0 Å². The van der Waals surface area contributed by atoms with Gasteiger partial charge in [-0.3, -0.25) is 9.69 Å². The lowest BCUT2D eigenvalue weighted by molar-refractivity contribution is 0.0981. The third-order valence-corrected chi connectivity index (χ3v) is 12.2. The highest BCUT2D eigenvalue weighted by atomic mass is 35.5. The first kappa shape index (κ1) is 39.2. The van der Waals surface area contributed by atoms with Gasteiger partial charge in [0.15, 0.2) is 0 Å². The molecule has 1 amide bonds. The maximum Gasteiger partial charge on any atom is 0.264 e. The van der Waals surface area contributed by atoms with Crippen LogP contribution in [0.5, 0.6) is 0 Å². The Hall–Kier alpha value is -4.52. The van der Waals surface area contributed by atoms with Crippen LogP contribution in [0.2, 0.25) is 5.02 Å². The summed E-state index contributed by atoms with van der Waals surface area (Å²) in [5, 5.41) is 4.23. The van der Waals surface area contributed by atoms with E-state index in [0.29, 0.717) is 11.4 Å². The van der Waals surface area contributed by atoms with E-state index in [0.717, 1.165) is 67.7 Å². The van der Waals surface area contributed by atoms with E-state index in [1.165, 1.54) is 28.2 Å². The number of nitrogens with one attached hydrogen (secondary N) is 2. The topological polar surface area (TPSA) is 111 Å². The van der Waals surface area contributed by atoms with Crippen molar-refractivity contribution in [2.45, 2.75) is 28.8 Å². The lowest BCUT2D eigenvalue weighted by Crippen LogP contribution is -2.46. The van der Waals surface area contributed by atoms with E-state index in [2.05, 4.69) is 73.3 Å². The van der Waals surface area contributed by atoms with Gasteiger partial charge in [0.05, 0.1) is 16.3 Å². The Morgan fingerprint density at radius 3 is 2.24 bits per heavy atom. The number of thioether (sulfide) groups is 1. The molecule has 1 saturated heterocycles. The summed E-state index contributed by atoms with van der Waals surface area (Å²) >= 11 is 7.87. The molecule has 54 heavy (non-hydrogen) atoms. The molecule has 1 fully saturated rings. The predicted molar refractivity (Wildman–Crippen MR) is 224 cm³/mol. The van der Waals surface area contributed by atoms with E-state index >= 15 is 0 Å². The van der Waals surface area contributed by atoms with Gasteiger partial charge in [0.1, 0.15) is 0 Å². The Morgan fingerprint density at radius 2 is 1.56 bits per heavy atom. The highest BCUT2D eigenvalue weighted by molar-refractivity contribution is 7.99. The van der Waals surface area contributed by atoms with Crippen molar-refractivity contribution >= 4 is 56.4 Å². The van der Waals surface area contributed by atoms with Gasteiger partial charge in [-0.05, 0) is 110 Å². The quantitative estimate of drug-likeness (QED) is 0.0733. The van der Waals surface area contributed by atoms with Gasteiger partial charge in [-0.1, -0.05) is 66.2 Å². The van der Waals surface area contributed by atoms with Gasteiger partial charge in [-0.15, -0.1) is 11.8 Å². The number of benzene rings is 5. The number of halogens is 1. The summed E-state index contributed by atoms with van der Waals surface area (Å²) in [7, 11) is -0.100. The Bertz CT molecular complexity index is 2110. The van der Waals surface area contributed by atoms with Crippen molar-refractivity contribution in [3.63, 3.8) is 0 Å². The molecule has 0 bridgehead atoms. The Morgan fingerprint density at radius 1 is 0.870 bits per heavy atom. The van der Waals surface area contributed by atoms with Crippen molar-refractivity contribution in [1.29, 1.82) is 0 Å². The standard InChI is InChI=1S/C42H47ClN6O3S2/c1-47(2)23-22-35(30-53-37-9-4-3-5-10-37)45-41-21-20-38(28-40(41)44)54(51,52)46-42(50)32-14-18-36(19-15-32)49-26-24-48(25-27-49)29-33-8-6-7-11-39(33)31-12-16-34(43)17-13-31/h3-21,28,35,45H,22-27,29-30,44H2,1-2H3,(H,46,50)/t35-/m0/s1. The average molecular weight is 783 g/mol. The van der Waals surface area contributed by atoms with E-state index in [9.17, 15) is 13.2 Å². The molecular weight excluding hydrogens is 736 g/mol. The van der Waals surface area contributed by atoms with Gasteiger partial charge in [-0.2, -0.15) is 0 Å². The van der Waals surface area contributed by atoms with Crippen LogP contribution < -0.4 is 20.7 Å². The number of piperazine rings is 1. The van der Waals surface area contributed by atoms with Gasteiger partial charge < -0.3 is 20.9 Å². The van der Waals surface area contributed by atoms with Gasteiger partial charge >= 0.3 is 0 Å². The van der Waals surface area contributed by atoms with Crippen LogP contribution in [0.4, 0.5) is 17.1 Å². The number of nitrogens with zero attached hydrogens (tertiary/aromatic N) is 3. The molecule has 5 aromatic carbocycles. The second-order valence-electron chi connectivity index (χ2n) is 13.7. The van der Waals surface area contributed by atoms with Crippen molar-refractivity contribution in [2.75, 3.05) is 68.5 Å². The second kappa shape index (κ2) is 18.2. The van der Waals surface area contributed by atoms with Gasteiger partial charge in [0.25, 0.3) is 15.9 Å². The fraction of sp³-hybridized carbons (Fsp3) is 0.262. The normalized spacial score (nSPS) is 14.2. The molecule has 282 valence electrons. The summed E-state index contributed by atoms with van der Waals surface area (Å²) in [6.07, 6.45) is 0.873. The number of carbonyl (C=O) groups excluding carboxylic acids is 1. The van der Waals surface area contributed by atoms with E-state index in [4.69, 9.17) is 17.3 Å². The number of rotatable bonds is 15. The van der Waals surface area contributed by atoms with E-state index in [1.807, 2.05) is 56.6 Å². The molecule has 1 aliphatic rings. The molecule has 0 aromatic heterocycles. The zero-order valence-electron chi connectivity index (χ0n) is 30.6. The number of hydrogen-bond acceptors (Lipinski definition) is 9. The number of carbonyl (C=O) groups is 1. The largest absolute Gasteiger partial charge is 0.397 e. The smallest absolute Gasteiger partial charge is 0.264 e. The molecule has 0 radical (unpaired) electrons. The van der Waals surface area contributed by atoms with Crippen LogP contribution in [0.3, 0.4) is 0 Å². The predicted octanol–water partition coefficient (Wildman–Crippen LogP) is 7.55. The highest BCUT2D eigenvalue weighted by Crippen LogP contribution is 2.29. The molecule has 1 heterocycles. The van der Waals surface area contributed by atoms with E-state index in [-0.39, 0.29) is 16.5 Å². The SMILES string of the molecule is CN(C)CC[C@@H](CSc1ccccc1)Nc1ccc(S(=O)(=O)NC(=O)c2ccc(N3CCN(Cc4ccccc4-c4ccc(Cl)cc4)CC3)cc2)cc1N. The number of nitrogen functional groups attached to an aromatic ring is 1. The summed E-state index contributed by atoms with van der Waals surface area (Å²) in [5.41, 5.74) is 12.2. The van der Waals surface area contributed by atoms with Gasteiger partial charge in [-0.25, -0.2) is 13.1 Å². The first-order valence-electron chi connectivity index (χ1n) is 18.0. The summed E-state index contributed by atoms with van der Waals surface area (Å²) < 4.78 is 28.8. The molecule has 0 aliphatic carbocycles. The highest BCUT2D eigenvalue weighted by Gasteiger charge is 2.22. The molecule has 9 nitrogen and oxygen atoms in total. The van der Waals surface area contributed by atoms with Gasteiger partial charge in [0, 0.05) is 65.7 Å². The summed E-state index contributed by atoms with van der Waals surface area (Å²) in [6, 6.07) is 38.3. The fourth-order valence-corrected chi connectivity index (χ4v) is 8.55. The Labute approximate surface area is 328 Å². The molecule has 12 heteroatoms. The molecule has 1 atom stereocenters. The van der Waals surface area contributed by atoms with Crippen LogP contribution in [0.15, 0.2) is 131 Å². The molecule has 0 spiro atoms. The molecule has 0 unspecified atom stereocenters. The molecule has 4 N–H and O–H groups in total. The minimum atomic E-state index is -4.17. The average Bonchev–Trinajstić information content (AvgIpc) is 3.17.